The lowest BCUT2D eigenvalue weighted by molar-refractivity contribution is -0.131. The smallest absolute Gasteiger partial charge is 0.223 e. The van der Waals surface area contributed by atoms with Crippen molar-refractivity contribution in [2.24, 2.45) is 0 Å². The molecule has 0 radical (unpaired) electrons. The third-order valence-corrected chi connectivity index (χ3v) is 5.70. The fourth-order valence-corrected chi connectivity index (χ4v) is 3.84. The number of aryl methyl sites for hydroxylation is 1. The number of aromatic nitrogens is 2. The first kappa shape index (κ1) is 19.9. The van der Waals surface area contributed by atoms with Crippen molar-refractivity contribution < 1.29 is 4.79 Å². The number of likely N-dealkylation sites (tertiary alicyclic amines) is 1. The van der Waals surface area contributed by atoms with E-state index in [0.717, 1.165) is 54.4 Å². The van der Waals surface area contributed by atoms with Gasteiger partial charge in [0, 0.05) is 48.9 Å². The van der Waals surface area contributed by atoms with E-state index >= 15 is 0 Å². The third kappa shape index (κ3) is 5.11. The molecule has 6 heteroatoms. The maximum Gasteiger partial charge on any atom is 0.223 e. The molecule has 0 spiro atoms. The van der Waals surface area contributed by atoms with Crippen LogP contribution in [0.25, 0.3) is 0 Å². The molecule has 1 amide bonds. The van der Waals surface area contributed by atoms with Gasteiger partial charge in [0.2, 0.25) is 5.91 Å². The van der Waals surface area contributed by atoms with Crippen LogP contribution in [-0.2, 0) is 17.9 Å². The van der Waals surface area contributed by atoms with Crippen molar-refractivity contribution in [1.82, 2.24) is 20.0 Å². The Kier molecular flexibility index (Phi) is 6.91. The molecule has 27 heavy (non-hydrogen) atoms. The van der Waals surface area contributed by atoms with Crippen LogP contribution in [0.1, 0.15) is 48.2 Å². The van der Waals surface area contributed by atoms with Crippen molar-refractivity contribution in [3.63, 3.8) is 0 Å². The molecule has 1 aromatic carbocycles. The van der Waals surface area contributed by atoms with Gasteiger partial charge in [-0.15, -0.1) is 0 Å². The van der Waals surface area contributed by atoms with Gasteiger partial charge >= 0.3 is 0 Å². The Morgan fingerprint density at radius 2 is 1.93 bits per heavy atom. The summed E-state index contributed by atoms with van der Waals surface area (Å²) in [6, 6.07) is 7.87. The van der Waals surface area contributed by atoms with Crippen LogP contribution < -0.4 is 5.32 Å². The van der Waals surface area contributed by atoms with E-state index in [-0.39, 0.29) is 5.91 Å². The molecule has 1 aromatic heterocycles. The van der Waals surface area contributed by atoms with E-state index in [0.29, 0.717) is 19.5 Å². The summed E-state index contributed by atoms with van der Waals surface area (Å²) in [7, 11) is 0. The lowest BCUT2D eigenvalue weighted by atomic mass is 10.1. The molecule has 5 nitrogen and oxygen atoms in total. The second kappa shape index (κ2) is 9.38. The molecule has 0 atom stereocenters. The lowest BCUT2D eigenvalue weighted by Gasteiger charge is -2.26. The number of amides is 1. The van der Waals surface area contributed by atoms with Crippen LogP contribution in [0.4, 0.5) is 0 Å². The van der Waals surface area contributed by atoms with Crippen molar-refractivity contribution in [2.75, 3.05) is 19.6 Å². The van der Waals surface area contributed by atoms with Gasteiger partial charge in [-0.25, -0.2) is 0 Å². The van der Waals surface area contributed by atoms with E-state index < -0.39 is 0 Å². The van der Waals surface area contributed by atoms with Gasteiger partial charge in [0.15, 0.2) is 0 Å². The van der Waals surface area contributed by atoms with Gasteiger partial charge in [-0.05, 0) is 44.7 Å². The monoisotopic (exact) mass is 388 g/mol. The zero-order valence-corrected chi connectivity index (χ0v) is 17.1. The first-order valence-corrected chi connectivity index (χ1v) is 10.2. The van der Waals surface area contributed by atoms with Crippen LogP contribution in [0, 0.1) is 13.8 Å². The summed E-state index contributed by atoms with van der Waals surface area (Å²) in [5.74, 6) is 0.269. The van der Waals surface area contributed by atoms with Crippen molar-refractivity contribution in [3.05, 3.63) is 51.8 Å². The number of carbonyl (C=O) groups is 1. The summed E-state index contributed by atoms with van der Waals surface area (Å²) in [6.07, 6.45) is 4.09. The van der Waals surface area contributed by atoms with Crippen molar-refractivity contribution in [3.8, 4) is 0 Å². The van der Waals surface area contributed by atoms with Crippen LogP contribution in [0.5, 0.6) is 0 Å². The Bertz CT molecular complexity index is 780. The Balaban J connectivity index is 1.52. The highest BCUT2D eigenvalue weighted by Gasteiger charge is 2.16. The zero-order valence-electron chi connectivity index (χ0n) is 16.3. The largest absolute Gasteiger partial charge is 0.343 e. The van der Waals surface area contributed by atoms with E-state index in [1.807, 2.05) is 40.8 Å². The second-order valence-electron chi connectivity index (χ2n) is 7.27. The molecule has 0 saturated carbocycles. The molecule has 146 valence electrons. The first-order valence-electron chi connectivity index (χ1n) is 9.81. The quantitative estimate of drug-likeness (QED) is 0.736. The van der Waals surface area contributed by atoms with Crippen molar-refractivity contribution in [2.45, 2.75) is 52.6 Å². The number of piperidine rings is 1. The average Bonchev–Trinajstić information content (AvgIpc) is 2.94. The number of benzene rings is 1. The highest BCUT2D eigenvalue weighted by Crippen LogP contribution is 2.19. The molecule has 0 bridgehead atoms. The predicted octanol–water partition coefficient (Wildman–Crippen LogP) is 3.69. The first-order chi connectivity index (χ1) is 13.1. The molecule has 1 fully saturated rings. The van der Waals surface area contributed by atoms with E-state index in [9.17, 15) is 4.79 Å². The van der Waals surface area contributed by atoms with Gasteiger partial charge in [-0.3, -0.25) is 9.48 Å². The normalized spacial score (nSPS) is 14.6. The SMILES string of the molecule is Cc1nn(Cc2ccccc2Cl)c(C)c1CNCCC(=O)N1CCCCC1. The molecule has 2 heterocycles. The zero-order chi connectivity index (χ0) is 19.2. The molecule has 1 aliphatic heterocycles. The highest BCUT2D eigenvalue weighted by atomic mass is 35.5. The van der Waals surface area contributed by atoms with Crippen LogP contribution in [-0.4, -0.2) is 40.2 Å². The molecule has 3 rings (SSSR count). The summed E-state index contributed by atoms with van der Waals surface area (Å²) >= 11 is 6.28. The minimum atomic E-state index is 0.269. The summed E-state index contributed by atoms with van der Waals surface area (Å²) < 4.78 is 2.01. The number of carbonyl (C=O) groups excluding carboxylic acids is 1. The minimum Gasteiger partial charge on any atom is -0.343 e. The van der Waals surface area contributed by atoms with Gasteiger partial charge < -0.3 is 10.2 Å². The molecular formula is C21H29ClN4O. The maximum absolute atomic E-state index is 12.2. The van der Waals surface area contributed by atoms with Gasteiger partial charge in [-0.1, -0.05) is 29.8 Å². The van der Waals surface area contributed by atoms with Crippen LogP contribution in [0.2, 0.25) is 5.02 Å². The standard InChI is InChI=1S/C21H29ClN4O/c1-16-19(14-23-11-10-21(27)25-12-6-3-7-13-25)17(2)26(24-16)15-18-8-4-5-9-20(18)22/h4-5,8-9,23H,3,6-7,10-15H2,1-2H3. The van der Waals surface area contributed by atoms with Gasteiger partial charge in [-0.2, -0.15) is 5.10 Å². The molecule has 0 unspecified atom stereocenters. The summed E-state index contributed by atoms with van der Waals surface area (Å²) in [6.45, 7) is 8.06. The fourth-order valence-electron chi connectivity index (χ4n) is 3.64. The van der Waals surface area contributed by atoms with Crippen LogP contribution in [0.15, 0.2) is 24.3 Å². The number of rotatable bonds is 7. The Morgan fingerprint density at radius 3 is 2.67 bits per heavy atom. The number of nitrogens with one attached hydrogen (secondary N) is 1. The number of nitrogens with zero attached hydrogens (tertiary/aromatic N) is 3. The Morgan fingerprint density at radius 1 is 1.19 bits per heavy atom. The third-order valence-electron chi connectivity index (χ3n) is 5.34. The fraction of sp³-hybridized carbons (Fsp3) is 0.524. The lowest BCUT2D eigenvalue weighted by Crippen LogP contribution is -2.37. The predicted molar refractivity (Wildman–Crippen MR) is 109 cm³/mol. The summed E-state index contributed by atoms with van der Waals surface area (Å²) in [4.78, 5) is 14.2. The number of halogens is 1. The topological polar surface area (TPSA) is 50.2 Å². The van der Waals surface area contributed by atoms with Crippen LogP contribution in [0.3, 0.4) is 0 Å². The molecule has 0 aliphatic carbocycles. The maximum atomic E-state index is 12.2. The van der Waals surface area contributed by atoms with E-state index in [1.165, 1.54) is 12.0 Å². The Labute approximate surface area is 166 Å². The number of hydrogen-bond donors (Lipinski definition) is 1. The van der Waals surface area contributed by atoms with Crippen molar-refractivity contribution in [1.29, 1.82) is 0 Å². The van der Waals surface area contributed by atoms with Gasteiger partial charge in [0.05, 0.1) is 12.2 Å². The van der Waals surface area contributed by atoms with E-state index in [1.54, 1.807) is 0 Å². The molecule has 1 aliphatic rings. The van der Waals surface area contributed by atoms with E-state index in [2.05, 4.69) is 17.3 Å². The highest BCUT2D eigenvalue weighted by molar-refractivity contribution is 6.31. The summed E-state index contributed by atoms with van der Waals surface area (Å²) in [5.41, 5.74) is 4.43. The molecule has 1 saturated heterocycles. The summed E-state index contributed by atoms with van der Waals surface area (Å²) in [5, 5.41) is 8.86. The molecule has 2 aromatic rings. The number of hydrogen-bond acceptors (Lipinski definition) is 3. The molecular weight excluding hydrogens is 360 g/mol. The average molecular weight is 389 g/mol. The second-order valence-corrected chi connectivity index (χ2v) is 7.67. The minimum absolute atomic E-state index is 0.269. The molecule has 1 N–H and O–H groups in total. The Hall–Kier alpha value is -1.85. The van der Waals surface area contributed by atoms with Gasteiger partial charge in [0.25, 0.3) is 0 Å². The van der Waals surface area contributed by atoms with Gasteiger partial charge in [0.1, 0.15) is 0 Å². The van der Waals surface area contributed by atoms with E-state index in [4.69, 9.17) is 11.6 Å². The van der Waals surface area contributed by atoms with Crippen LogP contribution >= 0.6 is 11.6 Å². The van der Waals surface area contributed by atoms with Crippen molar-refractivity contribution >= 4 is 17.5 Å².